The van der Waals surface area contributed by atoms with E-state index in [1.54, 1.807) is 7.05 Å². The van der Waals surface area contributed by atoms with E-state index in [0.29, 0.717) is 11.1 Å². The Hall–Kier alpha value is -1.46. The highest BCUT2D eigenvalue weighted by Crippen LogP contribution is 2.53. The van der Waals surface area contributed by atoms with Crippen molar-refractivity contribution in [2.24, 2.45) is 10.9 Å². The van der Waals surface area contributed by atoms with Crippen molar-refractivity contribution in [3.8, 4) is 11.3 Å². The summed E-state index contributed by atoms with van der Waals surface area (Å²) in [6.07, 6.45) is 2.32. The van der Waals surface area contributed by atoms with Crippen LogP contribution in [0.25, 0.3) is 11.3 Å². The Balaban J connectivity index is 1.64. The van der Waals surface area contributed by atoms with Crippen molar-refractivity contribution < 1.29 is 4.52 Å². The molecule has 1 saturated heterocycles. The SMILES string of the molecule is C/N=C(\S)N1[C@@H](c2cc(-c3cccc(Cl)c3)on2)C[C@H]2C[C@H]21. The van der Waals surface area contributed by atoms with E-state index < -0.39 is 0 Å². The number of rotatable bonds is 2. The Bertz CT molecular complexity index is 744. The maximum absolute atomic E-state index is 6.04. The predicted octanol–water partition coefficient (Wildman–Crippen LogP) is 4.05. The van der Waals surface area contributed by atoms with E-state index in [-0.39, 0.29) is 6.04 Å². The Morgan fingerprint density at radius 2 is 2.27 bits per heavy atom. The maximum atomic E-state index is 6.04. The van der Waals surface area contributed by atoms with Gasteiger partial charge in [0.2, 0.25) is 0 Å². The second-order valence-corrected chi connectivity index (χ2v) is 6.71. The van der Waals surface area contributed by atoms with Gasteiger partial charge in [0.05, 0.1) is 6.04 Å². The summed E-state index contributed by atoms with van der Waals surface area (Å²) in [7, 11) is 1.77. The van der Waals surface area contributed by atoms with Gasteiger partial charge in [0, 0.05) is 29.7 Å². The first-order chi connectivity index (χ1) is 10.7. The van der Waals surface area contributed by atoms with Crippen LogP contribution in [-0.2, 0) is 0 Å². The zero-order chi connectivity index (χ0) is 15.3. The minimum absolute atomic E-state index is 0.205. The summed E-state index contributed by atoms with van der Waals surface area (Å²) in [4.78, 5) is 6.50. The number of piperidine rings is 1. The van der Waals surface area contributed by atoms with Crippen molar-refractivity contribution in [1.29, 1.82) is 0 Å². The van der Waals surface area contributed by atoms with E-state index in [0.717, 1.165) is 34.5 Å². The minimum atomic E-state index is 0.205. The van der Waals surface area contributed by atoms with Gasteiger partial charge in [-0.3, -0.25) is 4.99 Å². The number of benzene rings is 1. The molecule has 1 aromatic carbocycles. The summed E-state index contributed by atoms with van der Waals surface area (Å²) in [6, 6.07) is 10.4. The summed E-state index contributed by atoms with van der Waals surface area (Å²) in [5.74, 6) is 1.48. The standard InChI is InChI=1S/C16H16ClN3OS/c1-18-16(22)20-13-6-10(13)7-14(20)12-8-15(21-19-12)9-3-2-4-11(17)5-9/h2-5,8,10,13-14H,6-7H2,1H3,(H,18,22)/t10-,13-,14-/m1/s1. The fourth-order valence-corrected chi connectivity index (χ4v) is 3.83. The molecule has 0 radical (unpaired) electrons. The summed E-state index contributed by atoms with van der Waals surface area (Å²) >= 11 is 10.6. The molecule has 2 fully saturated rings. The number of fused-ring (bicyclic) bond motifs is 1. The molecular formula is C16H16ClN3OS. The van der Waals surface area contributed by atoms with Crippen LogP contribution >= 0.6 is 24.2 Å². The third-order valence-electron chi connectivity index (χ3n) is 4.51. The molecule has 0 bridgehead atoms. The van der Waals surface area contributed by atoms with Crippen molar-refractivity contribution in [2.75, 3.05) is 7.05 Å². The van der Waals surface area contributed by atoms with E-state index in [4.69, 9.17) is 16.1 Å². The predicted molar refractivity (Wildman–Crippen MR) is 90.4 cm³/mol. The number of likely N-dealkylation sites (tertiary alicyclic amines) is 1. The fourth-order valence-electron chi connectivity index (χ4n) is 3.35. The Morgan fingerprint density at radius 1 is 1.41 bits per heavy atom. The first-order valence-electron chi connectivity index (χ1n) is 7.34. The lowest BCUT2D eigenvalue weighted by molar-refractivity contribution is 0.327. The quantitative estimate of drug-likeness (QED) is 0.512. The molecule has 0 spiro atoms. The largest absolute Gasteiger partial charge is 0.356 e. The number of hydrogen-bond donors (Lipinski definition) is 1. The van der Waals surface area contributed by atoms with Gasteiger partial charge in [-0.05, 0) is 30.9 Å². The van der Waals surface area contributed by atoms with Crippen molar-refractivity contribution in [3.63, 3.8) is 0 Å². The van der Waals surface area contributed by atoms with E-state index in [2.05, 4.69) is 27.7 Å². The van der Waals surface area contributed by atoms with Crippen LogP contribution in [-0.4, -0.2) is 28.3 Å². The lowest BCUT2D eigenvalue weighted by Gasteiger charge is -2.26. The van der Waals surface area contributed by atoms with Gasteiger partial charge in [0.25, 0.3) is 0 Å². The summed E-state index contributed by atoms with van der Waals surface area (Å²) < 4.78 is 5.53. The van der Waals surface area contributed by atoms with Crippen molar-refractivity contribution >= 4 is 29.4 Å². The zero-order valence-corrected chi connectivity index (χ0v) is 13.8. The summed E-state index contributed by atoms with van der Waals surface area (Å²) in [5, 5.41) is 5.75. The number of aliphatic imine (C=N–C) groups is 1. The number of aromatic nitrogens is 1. The third-order valence-corrected chi connectivity index (χ3v) is 5.18. The molecule has 1 aliphatic heterocycles. The molecule has 0 unspecified atom stereocenters. The molecule has 0 amide bonds. The smallest absolute Gasteiger partial charge is 0.167 e. The molecule has 1 aromatic heterocycles. The highest BCUT2D eigenvalue weighted by atomic mass is 35.5. The van der Waals surface area contributed by atoms with Gasteiger partial charge in [0.15, 0.2) is 10.9 Å². The van der Waals surface area contributed by atoms with E-state index >= 15 is 0 Å². The van der Waals surface area contributed by atoms with Crippen LogP contribution in [0.2, 0.25) is 5.02 Å². The van der Waals surface area contributed by atoms with Gasteiger partial charge in [-0.1, -0.05) is 28.9 Å². The van der Waals surface area contributed by atoms with Crippen LogP contribution in [0.1, 0.15) is 24.6 Å². The number of amidine groups is 1. The normalized spacial score (nSPS) is 27.1. The molecule has 1 saturated carbocycles. The van der Waals surface area contributed by atoms with Crippen molar-refractivity contribution in [1.82, 2.24) is 10.1 Å². The number of thiol groups is 1. The van der Waals surface area contributed by atoms with Crippen LogP contribution in [0.15, 0.2) is 39.8 Å². The van der Waals surface area contributed by atoms with Gasteiger partial charge in [-0.2, -0.15) is 0 Å². The number of halogens is 1. The maximum Gasteiger partial charge on any atom is 0.167 e. The average molecular weight is 334 g/mol. The van der Waals surface area contributed by atoms with E-state index in [9.17, 15) is 0 Å². The fraction of sp³-hybridized carbons (Fsp3) is 0.375. The summed E-state index contributed by atoms with van der Waals surface area (Å²) in [5.41, 5.74) is 1.88. The molecule has 114 valence electrons. The molecule has 3 atom stereocenters. The number of nitrogens with zero attached hydrogens (tertiary/aromatic N) is 3. The molecule has 2 heterocycles. The topological polar surface area (TPSA) is 41.6 Å². The van der Waals surface area contributed by atoms with Gasteiger partial charge in [-0.15, -0.1) is 12.6 Å². The first kappa shape index (κ1) is 14.2. The van der Waals surface area contributed by atoms with Crippen LogP contribution in [0, 0.1) is 5.92 Å². The molecule has 2 aromatic rings. The lowest BCUT2D eigenvalue weighted by atomic mass is 10.1. The average Bonchev–Trinajstić information content (AvgIpc) is 2.98. The van der Waals surface area contributed by atoms with Gasteiger partial charge in [-0.25, -0.2) is 0 Å². The minimum Gasteiger partial charge on any atom is -0.356 e. The van der Waals surface area contributed by atoms with E-state index in [1.165, 1.54) is 6.42 Å². The third kappa shape index (κ3) is 2.32. The molecule has 1 aliphatic carbocycles. The van der Waals surface area contributed by atoms with Crippen LogP contribution in [0.5, 0.6) is 0 Å². The van der Waals surface area contributed by atoms with Gasteiger partial charge in [0.1, 0.15) is 5.69 Å². The molecule has 4 nitrogen and oxygen atoms in total. The molecule has 22 heavy (non-hydrogen) atoms. The molecule has 4 rings (SSSR count). The molecule has 2 aliphatic rings. The number of hydrogen-bond acceptors (Lipinski definition) is 3. The summed E-state index contributed by atoms with van der Waals surface area (Å²) in [6.45, 7) is 0. The van der Waals surface area contributed by atoms with Crippen LogP contribution in [0.4, 0.5) is 0 Å². The zero-order valence-electron chi connectivity index (χ0n) is 12.1. The van der Waals surface area contributed by atoms with Crippen LogP contribution < -0.4 is 0 Å². The highest BCUT2D eigenvalue weighted by Gasteiger charge is 2.53. The molecule has 6 heteroatoms. The highest BCUT2D eigenvalue weighted by molar-refractivity contribution is 7.96. The first-order valence-corrected chi connectivity index (χ1v) is 8.16. The van der Waals surface area contributed by atoms with E-state index in [1.807, 2.05) is 30.3 Å². The van der Waals surface area contributed by atoms with Crippen molar-refractivity contribution in [2.45, 2.75) is 24.9 Å². The van der Waals surface area contributed by atoms with Gasteiger partial charge >= 0.3 is 0 Å². The molecule has 0 N–H and O–H groups in total. The second-order valence-electron chi connectivity index (χ2n) is 5.87. The molecular weight excluding hydrogens is 318 g/mol. The Morgan fingerprint density at radius 3 is 3.05 bits per heavy atom. The van der Waals surface area contributed by atoms with Gasteiger partial charge < -0.3 is 9.42 Å². The Labute approximate surface area is 139 Å². The second kappa shape index (κ2) is 5.32. The Kier molecular flexibility index (Phi) is 3.42. The van der Waals surface area contributed by atoms with Crippen LogP contribution in [0.3, 0.4) is 0 Å². The monoisotopic (exact) mass is 333 g/mol. The lowest BCUT2D eigenvalue weighted by Crippen LogP contribution is -2.30. The van der Waals surface area contributed by atoms with Crippen molar-refractivity contribution in [3.05, 3.63) is 41.0 Å².